The molecule has 2 aromatic heterocycles. The van der Waals surface area contributed by atoms with Gasteiger partial charge in [0.05, 0.1) is 19.3 Å². The highest BCUT2D eigenvalue weighted by Crippen LogP contribution is 2.23. The molecule has 1 aliphatic heterocycles. The highest BCUT2D eigenvalue weighted by atomic mass is 32.1. The topological polar surface area (TPSA) is 87.5 Å². The molecule has 1 saturated heterocycles. The number of likely N-dealkylation sites (tertiary alicyclic amines) is 1. The van der Waals surface area contributed by atoms with E-state index in [1.54, 1.807) is 40.4 Å². The summed E-state index contributed by atoms with van der Waals surface area (Å²) in [5.41, 5.74) is 0.628. The molecular formula is C22H24N4O3S. The fourth-order valence-electron chi connectivity index (χ4n) is 3.72. The van der Waals surface area contributed by atoms with Crippen molar-refractivity contribution in [3.8, 4) is 5.75 Å². The number of ketones is 1. The third-order valence-corrected chi connectivity index (χ3v) is 6.21. The minimum absolute atomic E-state index is 0.0407. The second-order valence-corrected chi connectivity index (χ2v) is 8.50. The highest BCUT2D eigenvalue weighted by Gasteiger charge is 2.26. The van der Waals surface area contributed by atoms with Gasteiger partial charge >= 0.3 is 0 Å². The van der Waals surface area contributed by atoms with Crippen LogP contribution in [-0.4, -0.2) is 51.1 Å². The molecule has 3 heterocycles. The van der Waals surface area contributed by atoms with Crippen molar-refractivity contribution in [3.05, 3.63) is 64.5 Å². The lowest BCUT2D eigenvalue weighted by Crippen LogP contribution is -2.41. The lowest BCUT2D eigenvalue weighted by atomic mass is 9.89. The molecule has 1 amide bonds. The summed E-state index contributed by atoms with van der Waals surface area (Å²) in [5, 5.41) is 18.6. The molecule has 7 nitrogen and oxygen atoms in total. The van der Waals surface area contributed by atoms with Gasteiger partial charge in [0, 0.05) is 22.4 Å². The number of carbonyl (C=O) groups is 2. The third kappa shape index (κ3) is 4.95. The molecule has 0 radical (unpaired) electrons. The molecule has 1 aliphatic rings. The van der Waals surface area contributed by atoms with Crippen molar-refractivity contribution in [2.45, 2.75) is 19.4 Å². The molecule has 30 heavy (non-hydrogen) atoms. The van der Waals surface area contributed by atoms with Gasteiger partial charge in [-0.1, -0.05) is 6.07 Å². The van der Waals surface area contributed by atoms with Crippen LogP contribution in [0.4, 0.5) is 5.82 Å². The maximum atomic E-state index is 12.6. The minimum Gasteiger partial charge on any atom is -0.508 e. The standard InChI is InChI=1S/C22H24N4O3S/c27-18-5-3-16(4-6-18)22(29)17-8-11-25(12-9-17)15-21(28)24-20-7-10-23-26(20)14-19-2-1-13-30-19/h1-7,10,13,17,27H,8-9,11-12,14-15H2,(H,24,28). The second-order valence-electron chi connectivity index (χ2n) is 7.46. The van der Waals surface area contributed by atoms with Crippen LogP contribution in [0.25, 0.3) is 0 Å². The number of carbonyl (C=O) groups excluding carboxylic acids is 2. The number of amides is 1. The number of hydrogen-bond acceptors (Lipinski definition) is 6. The van der Waals surface area contributed by atoms with Gasteiger partial charge in [-0.05, 0) is 61.6 Å². The number of rotatable bonds is 7. The smallest absolute Gasteiger partial charge is 0.239 e. The van der Waals surface area contributed by atoms with Gasteiger partial charge in [0.1, 0.15) is 11.6 Å². The van der Waals surface area contributed by atoms with Crippen LogP contribution in [0.3, 0.4) is 0 Å². The molecule has 0 bridgehead atoms. The van der Waals surface area contributed by atoms with Crippen molar-refractivity contribution in [2.75, 3.05) is 25.0 Å². The van der Waals surface area contributed by atoms with Crippen molar-refractivity contribution in [1.29, 1.82) is 0 Å². The zero-order chi connectivity index (χ0) is 20.9. The molecule has 8 heteroatoms. The number of benzene rings is 1. The largest absolute Gasteiger partial charge is 0.508 e. The van der Waals surface area contributed by atoms with Gasteiger partial charge in [0.15, 0.2) is 5.78 Å². The Hall–Kier alpha value is -2.97. The normalized spacial score (nSPS) is 15.2. The van der Waals surface area contributed by atoms with E-state index in [4.69, 9.17) is 0 Å². The van der Waals surface area contributed by atoms with Gasteiger partial charge in [-0.2, -0.15) is 5.10 Å². The summed E-state index contributed by atoms with van der Waals surface area (Å²) in [4.78, 5) is 28.4. The zero-order valence-corrected chi connectivity index (χ0v) is 17.3. The van der Waals surface area contributed by atoms with Crippen molar-refractivity contribution in [3.63, 3.8) is 0 Å². The Labute approximate surface area is 178 Å². The fourth-order valence-corrected chi connectivity index (χ4v) is 4.40. The quantitative estimate of drug-likeness (QED) is 0.569. The number of aromatic nitrogens is 2. The summed E-state index contributed by atoms with van der Waals surface area (Å²) in [6.45, 7) is 2.34. The van der Waals surface area contributed by atoms with Gasteiger partial charge in [0.25, 0.3) is 0 Å². The molecule has 1 fully saturated rings. The Kier molecular flexibility index (Phi) is 6.25. The van der Waals surface area contributed by atoms with Gasteiger partial charge in [-0.15, -0.1) is 11.3 Å². The number of thiophene rings is 1. The van der Waals surface area contributed by atoms with E-state index in [1.165, 1.54) is 17.0 Å². The molecule has 0 spiro atoms. The molecule has 0 aliphatic carbocycles. The molecule has 4 rings (SSSR count). The maximum Gasteiger partial charge on any atom is 0.239 e. The first-order valence-electron chi connectivity index (χ1n) is 9.98. The van der Waals surface area contributed by atoms with Crippen LogP contribution in [0, 0.1) is 5.92 Å². The van der Waals surface area contributed by atoms with Crippen LogP contribution in [0.1, 0.15) is 28.1 Å². The van der Waals surface area contributed by atoms with E-state index in [-0.39, 0.29) is 23.4 Å². The zero-order valence-electron chi connectivity index (χ0n) is 16.5. The first kappa shape index (κ1) is 20.3. The number of phenolic OH excluding ortho intramolecular Hbond substituents is 1. The number of nitrogens with zero attached hydrogens (tertiary/aromatic N) is 3. The predicted molar refractivity (Wildman–Crippen MR) is 116 cm³/mol. The Balaban J connectivity index is 1.26. The number of Topliss-reactive ketones (excluding diaryl/α,β-unsaturated/α-hetero) is 1. The van der Waals surface area contributed by atoms with Crippen molar-refractivity contribution in [1.82, 2.24) is 14.7 Å². The van der Waals surface area contributed by atoms with E-state index < -0.39 is 0 Å². The van der Waals surface area contributed by atoms with Gasteiger partial charge < -0.3 is 10.4 Å². The molecule has 0 unspecified atom stereocenters. The van der Waals surface area contributed by atoms with Gasteiger partial charge in [-0.25, -0.2) is 4.68 Å². The average Bonchev–Trinajstić information content (AvgIpc) is 3.41. The highest BCUT2D eigenvalue weighted by molar-refractivity contribution is 7.09. The van der Waals surface area contributed by atoms with Crippen LogP contribution in [-0.2, 0) is 11.3 Å². The fraction of sp³-hybridized carbons (Fsp3) is 0.318. The van der Waals surface area contributed by atoms with E-state index in [1.807, 2.05) is 17.5 Å². The first-order valence-corrected chi connectivity index (χ1v) is 10.9. The van der Waals surface area contributed by atoms with E-state index in [2.05, 4.69) is 15.3 Å². The molecule has 156 valence electrons. The predicted octanol–water partition coefficient (Wildman–Crippen LogP) is 3.23. The van der Waals surface area contributed by atoms with Gasteiger partial charge in [0.2, 0.25) is 5.91 Å². The summed E-state index contributed by atoms with van der Waals surface area (Å²) in [6, 6.07) is 12.2. The lowest BCUT2D eigenvalue weighted by Gasteiger charge is -2.30. The van der Waals surface area contributed by atoms with E-state index in [0.717, 1.165) is 12.8 Å². The van der Waals surface area contributed by atoms with Crippen LogP contribution in [0.15, 0.2) is 54.0 Å². The van der Waals surface area contributed by atoms with Crippen LogP contribution in [0.5, 0.6) is 5.75 Å². The maximum absolute atomic E-state index is 12.6. The van der Waals surface area contributed by atoms with Crippen molar-refractivity contribution >= 4 is 28.8 Å². The number of nitrogens with one attached hydrogen (secondary N) is 1. The van der Waals surface area contributed by atoms with Crippen molar-refractivity contribution < 1.29 is 14.7 Å². The SMILES string of the molecule is O=C(CN1CCC(C(=O)c2ccc(O)cc2)CC1)Nc1ccnn1Cc1cccs1. The molecular weight excluding hydrogens is 400 g/mol. The average molecular weight is 425 g/mol. The molecule has 0 atom stereocenters. The molecule has 0 saturated carbocycles. The number of phenols is 1. The Morgan fingerprint density at radius 1 is 1.13 bits per heavy atom. The molecule has 1 aromatic carbocycles. The minimum atomic E-state index is -0.0776. The van der Waals surface area contributed by atoms with Gasteiger partial charge in [-0.3, -0.25) is 14.5 Å². The summed E-state index contributed by atoms with van der Waals surface area (Å²) >= 11 is 1.66. The number of anilines is 1. The van der Waals surface area contributed by atoms with E-state index in [0.29, 0.717) is 37.6 Å². The first-order chi connectivity index (χ1) is 14.6. The van der Waals surface area contributed by atoms with Crippen molar-refractivity contribution in [2.24, 2.45) is 5.92 Å². The number of piperidine rings is 1. The Bertz CT molecular complexity index is 990. The second kappa shape index (κ2) is 9.23. The van der Waals surface area contributed by atoms with Crippen LogP contribution < -0.4 is 5.32 Å². The number of aromatic hydroxyl groups is 1. The summed E-state index contributed by atoms with van der Waals surface area (Å²) in [7, 11) is 0. The molecule has 3 aromatic rings. The Morgan fingerprint density at radius 2 is 1.90 bits per heavy atom. The molecule has 2 N–H and O–H groups in total. The van der Waals surface area contributed by atoms with Crippen LogP contribution >= 0.6 is 11.3 Å². The van der Waals surface area contributed by atoms with Crippen LogP contribution in [0.2, 0.25) is 0 Å². The monoisotopic (exact) mass is 424 g/mol. The third-order valence-electron chi connectivity index (χ3n) is 5.35. The Morgan fingerprint density at radius 3 is 2.60 bits per heavy atom. The van der Waals surface area contributed by atoms with E-state index in [9.17, 15) is 14.7 Å². The number of hydrogen-bond donors (Lipinski definition) is 2. The van der Waals surface area contributed by atoms with E-state index >= 15 is 0 Å². The summed E-state index contributed by atoms with van der Waals surface area (Å²) < 4.78 is 1.78. The lowest BCUT2D eigenvalue weighted by molar-refractivity contribution is -0.117. The summed E-state index contributed by atoms with van der Waals surface area (Å²) in [6.07, 6.45) is 3.14. The summed E-state index contributed by atoms with van der Waals surface area (Å²) in [5.74, 6) is 0.832.